The van der Waals surface area contributed by atoms with Gasteiger partial charge in [0.25, 0.3) is 0 Å². The number of carbonyl (C=O) groups is 1. The molecule has 0 aliphatic rings. The molecule has 6 heteroatoms. The maximum absolute atomic E-state index is 11.8. The van der Waals surface area contributed by atoms with E-state index in [9.17, 15) is 9.90 Å². The molecule has 3 nitrogen and oxygen atoms in total. The average molecular weight is 874 g/mol. The fourth-order valence-corrected chi connectivity index (χ4v) is 11.3. The van der Waals surface area contributed by atoms with Gasteiger partial charge in [-0.3, -0.25) is 4.79 Å². The van der Waals surface area contributed by atoms with Gasteiger partial charge in [-0.05, 0) is 12.8 Å². The number of aliphatic hydroxyl groups excluding tert-OH is 1. The van der Waals surface area contributed by atoms with Gasteiger partial charge in [-0.15, -0.1) is 0 Å². The fraction of sp³-hybridized carbons (Fsp3) is 0.400. The molecule has 2 heterocycles. The molecule has 2 aromatic heterocycles. The van der Waals surface area contributed by atoms with E-state index in [1.54, 1.807) is 4.40 Å². The summed E-state index contributed by atoms with van der Waals surface area (Å²) < 4.78 is 4.37. The Bertz CT molecular complexity index is 1880. The molecule has 1 radical (unpaired) electrons. The molecule has 0 fully saturated rings. The minimum absolute atomic E-state index is 0. The number of nitrogens with zero attached hydrogens (tertiary/aromatic N) is 1. The molecule has 0 saturated heterocycles. The van der Waals surface area contributed by atoms with Crippen LogP contribution in [-0.2, 0) is 24.9 Å². The zero-order valence-corrected chi connectivity index (χ0v) is 34.7. The van der Waals surface area contributed by atoms with Crippen molar-refractivity contribution in [2.24, 2.45) is 10.8 Å². The number of thiophene rings is 1. The molecule has 0 spiro atoms. The summed E-state index contributed by atoms with van der Waals surface area (Å²) in [5.74, 6) is 8.07. The van der Waals surface area contributed by atoms with Crippen LogP contribution in [0, 0.1) is 16.9 Å². The molecule has 0 aliphatic carbocycles. The molecule has 5 aromatic rings. The number of carbonyl (C=O) groups excluding carboxylic acids is 1. The molecule has 0 aliphatic heterocycles. The monoisotopic (exact) mass is 875 g/mol. The SMILES string of the molecule is CC(C)c1cc(-c2nccc3sc4[c]([Ge]([CH3])([CH3])[CH3])cccc4c23)[c-]c2ccccc12.CCC(C)(C)C(=O)/C=C(\O)C(C)(C)CC.[Ir]. The zero-order chi connectivity index (χ0) is 33.3. The smallest absolute Gasteiger partial charge is 0.164 e. The number of hydrogen-bond acceptors (Lipinski definition) is 4. The first kappa shape index (κ1) is 38.1. The van der Waals surface area contributed by atoms with Gasteiger partial charge in [0.15, 0.2) is 5.78 Å². The van der Waals surface area contributed by atoms with Crippen LogP contribution in [0.2, 0.25) is 17.3 Å². The minimum Gasteiger partial charge on any atom is -0.512 e. The van der Waals surface area contributed by atoms with Gasteiger partial charge >= 0.3 is 186 Å². The Morgan fingerprint density at radius 2 is 1.59 bits per heavy atom. The Morgan fingerprint density at radius 3 is 2.20 bits per heavy atom. The van der Waals surface area contributed by atoms with E-state index in [0.29, 0.717) is 5.92 Å². The van der Waals surface area contributed by atoms with Crippen molar-refractivity contribution < 1.29 is 30.0 Å². The van der Waals surface area contributed by atoms with Crippen LogP contribution in [0.5, 0.6) is 0 Å². The molecule has 1 N–H and O–H groups in total. The molecule has 247 valence electrons. The maximum Gasteiger partial charge on any atom is 0.164 e. The summed E-state index contributed by atoms with van der Waals surface area (Å²) in [7, 11) is 0. The Labute approximate surface area is 296 Å². The van der Waals surface area contributed by atoms with Crippen molar-refractivity contribution in [2.45, 2.75) is 91.4 Å². The number of aromatic nitrogens is 1. The van der Waals surface area contributed by atoms with Crippen molar-refractivity contribution in [1.29, 1.82) is 0 Å². The number of pyridine rings is 1. The number of rotatable bonds is 8. The maximum atomic E-state index is 11.8. The normalized spacial score (nSPS) is 12.7. The quantitative estimate of drug-likeness (QED) is 0.0731. The first-order chi connectivity index (χ1) is 21.0. The van der Waals surface area contributed by atoms with E-state index in [1.165, 1.54) is 42.6 Å². The minimum atomic E-state index is -1.97. The molecule has 5 rings (SSSR count). The van der Waals surface area contributed by atoms with Crippen molar-refractivity contribution in [3.8, 4) is 11.3 Å². The van der Waals surface area contributed by atoms with Gasteiger partial charge in [-0.25, -0.2) is 0 Å². The second-order valence-electron chi connectivity index (χ2n) is 14.8. The Kier molecular flexibility index (Phi) is 12.3. The topological polar surface area (TPSA) is 50.2 Å². The molecule has 3 aromatic carbocycles. The molecule has 0 bridgehead atoms. The van der Waals surface area contributed by atoms with E-state index < -0.39 is 13.3 Å². The van der Waals surface area contributed by atoms with Gasteiger partial charge in [-0.1, -0.05) is 41.5 Å². The van der Waals surface area contributed by atoms with E-state index in [-0.39, 0.29) is 42.5 Å². The Morgan fingerprint density at radius 1 is 0.957 bits per heavy atom. The van der Waals surface area contributed by atoms with Crippen LogP contribution >= 0.6 is 11.3 Å². The largest absolute Gasteiger partial charge is 0.512 e. The number of allylic oxidation sites excluding steroid dienone is 2. The summed E-state index contributed by atoms with van der Waals surface area (Å²) in [5, 5.41) is 14.9. The number of hydrogen-bond donors (Lipinski definition) is 1. The van der Waals surface area contributed by atoms with E-state index in [1.807, 2.05) is 59.1 Å². The van der Waals surface area contributed by atoms with Crippen molar-refractivity contribution in [3.05, 3.63) is 84.3 Å². The van der Waals surface area contributed by atoms with Crippen molar-refractivity contribution >= 4 is 65.7 Å². The van der Waals surface area contributed by atoms with Crippen LogP contribution < -0.4 is 4.40 Å². The molecular weight excluding hydrogens is 823 g/mol. The molecule has 0 amide bonds. The third-order valence-electron chi connectivity index (χ3n) is 9.30. The van der Waals surface area contributed by atoms with Crippen LogP contribution in [0.3, 0.4) is 0 Å². The van der Waals surface area contributed by atoms with Crippen LogP contribution in [0.4, 0.5) is 0 Å². The summed E-state index contributed by atoms with van der Waals surface area (Å²) in [6.45, 7) is 16.2. The predicted molar refractivity (Wildman–Crippen MR) is 200 cm³/mol. The Balaban J connectivity index is 0.000000309. The molecule has 0 atom stereocenters. The van der Waals surface area contributed by atoms with Gasteiger partial charge in [0, 0.05) is 37.0 Å². The fourth-order valence-electron chi connectivity index (χ4n) is 5.27. The van der Waals surface area contributed by atoms with Crippen LogP contribution in [0.25, 0.3) is 42.2 Å². The van der Waals surface area contributed by atoms with Crippen molar-refractivity contribution in [3.63, 3.8) is 0 Å². The van der Waals surface area contributed by atoms with Gasteiger partial charge in [0.2, 0.25) is 0 Å². The summed E-state index contributed by atoms with van der Waals surface area (Å²) in [5.41, 5.74) is 2.84. The molecule has 46 heavy (non-hydrogen) atoms. The van der Waals surface area contributed by atoms with Crippen LogP contribution in [-0.4, -0.2) is 29.1 Å². The third kappa shape index (κ3) is 8.04. The summed E-state index contributed by atoms with van der Waals surface area (Å²) in [6, 6.07) is 23.6. The van der Waals surface area contributed by atoms with E-state index in [0.717, 1.165) is 24.1 Å². The Hall–Kier alpha value is -2.31. The zero-order valence-electron chi connectivity index (χ0n) is 29.4. The standard InChI is InChI=1S/C27H26GeNS.C13H24O2.Ir/c1-17(2)22-16-19(15-18-9-6-7-10-20(18)22)26-25-21-11-8-12-23(28(3,4)5)27(21)30-24(25)13-14-29-26;1-7-12(3,4)10(14)9-11(15)13(5,6)8-2;/h6-14,16-17H,1-5H3;9,14H,7-8H2,1-6H3;/q-1;;/b;10-9-;. The first-order valence-electron chi connectivity index (χ1n) is 16.2. The second-order valence-corrected chi connectivity index (χ2v) is 26.4. The van der Waals surface area contributed by atoms with Gasteiger partial charge in [0.05, 0.1) is 0 Å². The number of benzene rings is 3. The average Bonchev–Trinajstić information content (AvgIpc) is 3.39. The number of fused-ring (bicyclic) bond motifs is 4. The molecule has 0 saturated carbocycles. The van der Waals surface area contributed by atoms with E-state index >= 15 is 0 Å². The van der Waals surface area contributed by atoms with Crippen LogP contribution in [0.15, 0.2) is 72.6 Å². The molecule has 0 unspecified atom stereocenters. The third-order valence-corrected chi connectivity index (χ3v) is 15.1. The predicted octanol–water partition coefficient (Wildman–Crippen LogP) is 11.6. The van der Waals surface area contributed by atoms with Gasteiger partial charge < -0.3 is 5.11 Å². The summed E-state index contributed by atoms with van der Waals surface area (Å²) in [6.07, 6.45) is 4.95. The number of aliphatic hydroxyl groups is 1. The van der Waals surface area contributed by atoms with Gasteiger partial charge in [-0.2, -0.15) is 0 Å². The first-order valence-corrected chi connectivity index (χ1v) is 24.4. The van der Waals surface area contributed by atoms with Crippen LogP contribution in [0.1, 0.15) is 79.7 Å². The van der Waals surface area contributed by atoms with Gasteiger partial charge in [0.1, 0.15) is 5.76 Å². The van der Waals surface area contributed by atoms with E-state index in [2.05, 4.69) is 91.8 Å². The second kappa shape index (κ2) is 14.8. The summed E-state index contributed by atoms with van der Waals surface area (Å²) in [4.78, 5) is 16.7. The van der Waals surface area contributed by atoms with Crippen molar-refractivity contribution in [1.82, 2.24) is 4.98 Å². The van der Waals surface area contributed by atoms with Crippen molar-refractivity contribution in [2.75, 3.05) is 0 Å². The molecular formula is C40H50GeIrNO2S-. The number of ketones is 1. The van der Waals surface area contributed by atoms with E-state index in [4.69, 9.17) is 4.98 Å². The summed E-state index contributed by atoms with van der Waals surface area (Å²) >= 11 is -0.0432.